The number of H-pyrrole nitrogens is 1. The van der Waals surface area contributed by atoms with Crippen molar-refractivity contribution in [1.82, 2.24) is 14.9 Å². The summed E-state index contributed by atoms with van der Waals surface area (Å²) in [6, 6.07) is 12.6. The fourth-order valence-electron chi connectivity index (χ4n) is 2.57. The van der Waals surface area contributed by atoms with E-state index in [0.29, 0.717) is 10.9 Å². The molecule has 7 heteroatoms. The van der Waals surface area contributed by atoms with Crippen LogP contribution in [0.1, 0.15) is 12.0 Å². The van der Waals surface area contributed by atoms with E-state index in [2.05, 4.69) is 10.3 Å². The van der Waals surface area contributed by atoms with Crippen molar-refractivity contribution < 1.29 is 9.18 Å². The predicted octanol–water partition coefficient (Wildman–Crippen LogP) is 1.54. The second-order valence-electron chi connectivity index (χ2n) is 5.58. The number of para-hydroxylation sites is 1. The summed E-state index contributed by atoms with van der Waals surface area (Å²) >= 11 is 0. The van der Waals surface area contributed by atoms with E-state index >= 15 is 0 Å². The summed E-state index contributed by atoms with van der Waals surface area (Å²) in [7, 11) is 0. The summed E-state index contributed by atoms with van der Waals surface area (Å²) in [6.07, 6.45) is 0.0805. The zero-order chi connectivity index (χ0) is 17.8. The van der Waals surface area contributed by atoms with E-state index in [4.69, 9.17) is 0 Å². The molecule has 0 aliphatic rings. The summed E-state index contributed by atoms with van der Waals surface area (Å²) in [5.74, 6) is -0.578. The zero-order valence-electron chi connectivity index (χ0n) is 13.3. The van der Waals surface area contributed by atoms with Gasteiger partial charge in [-0.1, -0.05) is 24.3 Å². The summed E-state index contributed by atoms with van der Waals surface area (Å²) in [4.78, 5) is 38.1. The van der Waals surface area contributed by atoms with Crippen molar-refractivity contribution in [3.63, 3.8) is 0 Å². The Kier molecular flexibility index (Phi) is 4.74. The first-order chi connectivity index (χ1) is 12.0. The van der Waals surface area contributed by atoms with Gasteiger partial charge >= 0.3 is 5.69 Å². The molecule has 0 aliphatic heterocycles. The van der Waals surface area contributed by atoms with Crippen molar-refractivity contribution in [3.8, 4) is 0 Å². The number of benzene rings is 2. The molecule has 3 aromatic rings. The van der Waals surface area contributed by atoms with Crippen LogP contribution in [0, 0.1) is 5.82 Å². The lowest BCUT2D eigenvalue weighted by Crippen LogP contribution is -2.32. The van der Waals surface area contributed by atoms with Gasteiger partial charge in [-0.05, 0) is 29.8 Å². The first kappa shape index (κ1) is 16.6. The van der Waals surface area contributed by atoms with Gasteiger partial charge < -0.3 is 5.32 Å². The van der Waals surface area contributed by atoms with Gasteiger partial charge in [0.15, 0.2) is 0 Å². The minimum absolute atomic E-state index is 0.0805. The number of halogens is 1. The summed E-state index contributed by atoms with van der Waals surface area (Å²) in [5, 5.41) is 3.12. The Balaban J connectivity index is 1.68. The minimum Gasteiger partial charge on any atom is -0.352 e. The third-order valence-electron chi connectivity index (χ3n) is 3.87. The Hall–Kier alpha value is -3.22. The molecule has 2 N–H and O–H groups in total. The molecule has 0 saturated carbocycles. The number of fused-ring (bicyclic) bond motifs is 1. The average molecular weight is 341 g/mol. The van der Waals surface area contributed by atoms with Crippen LogP contribution in [0.15, 0.2) is 58.1 Å². The molecule has 0 aliphatic carbocycles. The maximum Gasteiger partial charge on any atom is 0.328 e. The highest BCUT2D eigenvalue weighted by atomic mass is 19.1. The summed E-state index contributed by atoms with van der Waals surface area (Å²) in [5.41, 5.74) is 0.275. The number of amides is 1. The molecular weight excluding hydrogens is 325 g/mol. The number of nitrogens with zero attached hydrogens (tertiary/aromatic N) is 1. The molecular formula is C18H16FN3O3. The standard InChI is InChI=1S/C18H16FN3O3/c19-13-7-5-12(6-8-13)11-20-16(23)9-10-22-15-4-2-1-3-14(15)17(24)21-18(22)25/h1-8H,9-11H2,(H,20,23)(H,21,24,25). The van der Waals surface area contributed by atoms with Gasteiger partial charge in [0, 0.05) is 19.5 Å². The lowest BCUT2D eigenvalue weighted by Gasteiger charge is -2.10. The molecule has 2 aromatic carbocycles. The first-order valence-electron chi connectivity index (χ1n) is 7.77. The number of aromatic nitrogens is 2. The van der Waals surface area contributed by atoms with Gasteiger partial charge in [0.25, 0.3) is 5.56 Å². The van der Waals surface area contributed by atoms with E-state index in [1.54, 1.807) is 36.4 Å². The SMILES string of the molecule is O=C(CCn1c(=O)[nH]c(=O)c2ccccc21)NCc1ccc(F)cc1. The molecule has 6 nitrogen and oxygen atoms in total. The van der Waals surface area contributed by atoms with Crippen LogP contribution < -0.4 is 16.6 Å². The molecule has 1 heterocycles. The fourth-order valence-corrected chi connectivity index (χ4v) is 2.57. The molecule has 128 valence electrons. The monoisotopic (exact) mass is 341 g/mol. The smallest absolute Gasteiger partial charge is 0.328 e. The summed E-state index contributed by atoms with van der Waals surface area (Å²) < 4.78 is 14.2. The molecule has 1 aromatic heterocycles. The van der Waals surface area contributed by atoms with E-state index < -0.39 is 11.2 Å². The number of aromatic amines is 1. The van der Waals surface area contributed by atoms with Gasteiger partial charge in [0.05, 0.1) is 10.9 Å². The quantitative estimate of drug-likeness (QED) is 0.738. The largest absolute Gasteiger partial charge is 0.352 e. The second kappa shape index (κ2) is 7.12. The number of carbonyl (C=O) groups excluding carboxylic acids is 1. The zero-order valence-corrected chi connectivity index (χ0v) is 13.3. The third kappa shape index (κ3) is 3.82. The van der Waals surface area contributed by atoms with Crippen LogP contribution in [-0.4, -0.2) is 15.5 Å². The van der Waals surface area contributed by atoms with E-state index in [0.717, 1.165) is 5.56 Å². The topological polar surface area (TPSA) is 84.0 Å². The van der Waals surface area contributed by atoms with Gasteiger partial charge in [-0.2, -0.15) is 0 Å². The summed E-state index contributed by atoms with van der Waals surface area (Å²) in [6.45, 7) is 0.422. The molecule has 0 spiro atoms. The van der Waals surface area contributed by atoms with Crippen molar-refractivity contribution in [2.45, 2.75) is 19.5 Å². The molecule has 25 heavy (non-hydrogen) atoms. The minimum atomic E-state index is -0.546. The van der Waals surface area contributed by atoms with Gasteiger partial charge in [0.1, 0.15) is 5.82 Å². The number of carbonyl (C=O) groups is 1. The Labute approximate surface area is 141 Å². The highest BCUT2D eigenvalue weighted by Gasteiger charge is 2.09. The van der Waals surface area contributed by atoms with Crippen molar-refractivity contribution >= 4 is 16.8 Å². The van der Waals surface area contributed by atoms with Crippen LogP contribution in [0.2, 0.25) is 0 Å². The number of rotatable bonds is 5. The second-order valence-corrected chi connectivity index (χ2v) is 5.58. The van der Waals surface area contributed by atoms with Crippen molar-refractivity contribution in [2.75, 3.05) is 0 Å². The highest BCUT2D eigenvalue weighted by Crippen LogP contribution is 2.07. The lowest BCUT2D eigenvalue weighted by atomic mass is 10.2. The molecule has 0 fully saturated rings. The van der Waals surface area contributed by atoms with E-state index in [1.807, 2.05) is 0 Å². The van der Waals surface area contributed by atoms with E-state index in [1.165, 1.54) is 16.7 Å². The average Bonchev–Trinajstić information content (AvgIpc) is 2.61. The molecule has 0 atom stereocenters. The van der Waals surface area contributed by atoms with Crippen molar-refractivity contribution in [1.29, 1.82) is 0 Å². The lowest BCUT2D eigenvalue weighted by molar-refractivity contribution is -0.121. The van der Waals surface area contributed by atoms with Gasteiger partial charge in [-0.25, -0.2) is 9.18 Å². The van der Waals surface area contributed by atoms with Crippen LogP contribution in [0.5, 0.6) is 0 Å². The molecule has 0 radical (unpaired) electrons. The predicted molar refractivity (Wildman–Crippen MR) is 91.7 cm³/mol. The Bertz CT molecular complexity index is 1020. The van der Waals surface area contributed by atoms with Crippen LogP contribution >= 0.6 is 0 Å². The van der Waals surface area contributed by atoms with Crippen LogP contribution in [0.25, 0.3) is 10.9 Å². The Morgan fingerprint density at radius 3 is 2.56 bits per heavy atom. The number of hydrogen-bond donors (Lipinski definition) is 2. The van der Waals surface area contributed by atoms with Gasteiger partial charge in [-0.15, -0.1) is 0 Å². The molecule has 0 saturated heterocycles. The molecule has 3 rings (SSSR count). The Morgan fingerprint density at radius 1 is 1.08 bits per heavy atom. The Morgan fingerprint density at radius 2 is 1.80 bits per heavy atom. The molecule has 0 unspecified atom stereocenters. The maximum absolute atomic E-state index is 12.8. The number of nitrogens with one attached hydrogen (secondary N) is 2. The number of hydrogen-bond acceptors (Lipinski definition) is 3. The number of aryl methyl sites for hydroxylation is 1. The fraction of sp³-hybridized carbons (Fsp3) is 0.167. The van der Waals surface area contributed by atoms with Gasteiger partial charge in [-0.3, -0.25) is 19.1 Å². The first-order valence-corrected chi connectivity index (χ1v) is 7.77. The third-order valence-corrected chi connectivity index (χ3v) is 3.87. The van der Waals surface area contributed by atoms with Crippen molar-refractivity contribution in [2.24, 2.45) is 0 Å². The highest BCUT2D eigenvalue weighted by molar-refractivity contribution is 5.78. The normalized spacial score (nSPS) is 10.8. The van der Waals surface area contributed by atoms with Crippen LogP contribution in [0.3, 0.4) is 0 Å². The maximum atomic E-state index is 12.8. The van der Waals surface area contributed by atoms with Gasteiger partial charge in [0.2, 0.25) is 5.91 Å². The van der Waals surface area contributed by atoms with E-state index in [-0.39, 0.29) is 31.2 Å². The molecule has 1 amide bonds. The van der Waals surface area contributed by atoms with Crippen molar-refractivity contribution in [3.05, 3.63) is 80.7 Å². The van der Waals surface area contributed by atoms with E-state index in [9.17, 15) is 18.8 Å². The molecule has 0 bridgehead atoms. The van der Waals surface area contributed by atoms with Crippen LogP contribution in [0.4, 0.5) is 4.39 Å². The van der Waals surface area contributed by atoms with Crippen LogP contribution in [-0.2, 0) is 17.9 Å².